The van der Waals surface area contributed by atoms with Gasteiger partial charge in [0.1, 0.15) is 11.9 Å². The monoisotopic (exact) mass is 215 g/mol. The van der Waals surface area contributed by atoms with Crippen LogP contribution in [0.15, 0.2) is 16.5 Å². The molecule has 0 bridgehead atoms. The second-order valence-corrected chi connectivity index (χ2v) is 3.08. The fourth-order valence-electron chi connectivity index (χ4n) is 1.14. The average Bonchev–Trinajstić information content (AvgIpc) is 2.65. The molecule has 84 valence electrons. The molecule has 0 fully saturated rings. The fraction of sp³-hybridized carbons (Fsp3) is 0.444. The van der Waals surface area contributed by atoms with Crippen LogP contribution in [0.2, 0.25) is 0 Å². The molecule has 1 heterocycles. The van der Waals surface area contributed by atoms with Crippen molar-refractivity contribution in [1.29, 1.82) is 0 Å². The minimum absolute atomic E-state index is 0.0372. The quantitative estimate of drug-likeness (QED) is 0.532. The van der Waals surface area contributed by atoms with Gasteiger partial charge in [-0.2, -0.15) is 0 Å². The number of hydrogen-bond donors (Lipinski definition) is 4. The Morgan fingerprint density at radius 1 is 1.53 bits per heavy atom. The molecule has 1 aromatic heterocycles. The summed E-state index contributed by atoms with van der Waals surface area (Å²) in [7, 11) is 1.63. The van der Waals surface area contributed by atoms with Gasteiger partial charge >= 0.3 is 5.97 Å². The Bertz CT molecular complexity index is 335. The normalized spacial score (nSPS) is 14.9. The summed E-state index contributed by atoms with van der Waals surface area (Å²) in [5.41, 5.74) is 0. The molecule has 4 N–H and O–H groups in total. The second kappa shape index (κ2) is 4.92. The number of rotatable bonds is 5. The lowest BCUT2D eigenvalue weighted by molar-refractivity contribution is 0.00636. The van der Waals surface area contributed by atoms with Crippen molar-refractivity contribution in [3.8, 4) is 0 Å². The lowest BCUT2D eigenvalue weighted by Crippen LogP contribution is -2.29. The highest BCUT2D eigenvalue weighted by Gasteiger charge is 2.22. The van der Waals surface area contributed by atoms with E-state index in [9.17, 15) is 15.0 Å². The Labute approximate surface area is 86.1 Å². The van der Waals surface area contributed by atoms with Gasteiger partial charge in [-0.15, -0.1) is 0 Å². The SMILES string of the molecule is CNCC(O)C(O)c1ccc(C(=O)O)o1. The second-order valence-electron chi connectivity index (χ2n) is 3.08. The number of aromatic carboxylic acids is 1. The molecule has 0 aliphatic heterocycles. The van der Waals surface area contributed by atoms with Gasteiger partial charge in [-0.25, -0.2) is 4.79 Å². The van der Waals surface area contributed by atoms with Crippen LogP contribution < -0.4 is 5.32 Å². The van der Waals surface area contributed by atoms with E-state index in [1.165, 1.54) is 12.1 Å². The van der Waals surface area contributed by atoms with Crippen LogP contribution in [0.3, 0.4) is 0 Å². The van der Waals surface area contributed by atoms with Crippen molar-refractivity contribution in [2.45, 2.75) is 12.2 Å². The lowest BCUT2D eigenvalue weighted by atomic mass is 10.1. The first-order valence-electron chi connectivity index (χ1n) is 4.40. The standard InChI is InChI=1S/C9H13NO5/c1-10-4-5(11)8(12)6-2-3-7(15-6)9(13)14/h2-3,5,8,10-12H,4H2,1H3,(H,13,14). The summed E-state index contributed by atoms with van der Waals surface area (Å²) in [5, 5.41) is 30.2. The Morgan fingerprint density at radius 3 is 2.67 bits per heavy atom. The van der Waals surface area contributed by atoms with Gasteiger partial charge in [0.25, 0.3) is 0 Å². The summed E-state index contributed by atoms with van der Waals surface area (Å²) >= 11 is 0. The first-order valence-corrected chi connectivity index (χ1v) is 4.40. The third-order valence-corrected chi connectivity index (χ3v) is 1.91. The van der Waals surface area contributed by atoms with Crippen LogP contribution in [0.4, 0.5) is 0 Å². The van der Waals surface area contributed by atoms with Crippen LogP contribution in [0.1, 0.15) is 22.4 Å². The molecular formula is C9H13NO5. The number of carboxylic acid groups (broad SMARTS) is 1. The van der Waals surface area contributed by atoms with Gasteiger partial charge in [0.15, 0.2) is 0 Å². The highest BCUT2D eigenvalue weighted by Crippen LogP contribution is 2.19. The van der Waals surface area contributed by atoms with Gasteiger partial charge in [0, 0.05) is 6.54 Å². The van der Waals surface area contributed by atoms with E-state index in [4.69, 9.17) is 9.52 Å². The third kappa shape index (κ3) is 2.79. The minimum atomic E-state index is -1.23. The van der Waals surface area contributed by atoms with E-state index in [1.54, 1.807) is 7.05 Å². The van der Waals surface area contributed by atoms with Crippen molar-refractivity contribution in [3.05, 3.63) is 23.7 Å². The fourth-order valence-corrected chi connectivity index (χ4v) is 1.14. The topological polar surface area (TPSA) is 103 Å². The number of aliphatic hydroxyl groups excluding tert-OH is 2. The van der Waals surface area contributed by atoms with Crippen LogP contribution in [-0.4, -0.2) is 41.0 Å². The Morgan fingerprint density at radius 2 is 2.20 bits per heavy atom. The van der Waals surface area contributed by atoms with Crippen molar-refractivity contribution >= 4 is 5.97 Å². The molecule has 6 nitrogen and oxygen atoms in total. The maximum absolute atomic E-state index is 10.5. The van der Waals surface area contributed by atoms with Gasteiger partial charge < -0.3 is 25.1 Å². The van der Waals surface area contributed by atoms with Gasteiger partial charge in [0.05, 0.1) is 6.10 Å². The van der Waals surface area contributed by atoms with Crippen LogP contribution in [0.5, 0.6) is 0 Å². The van der Waals surface area contributed by atoms with E-state index in [-0.39, 0.29) is 18.1 Å². The van der Waals surface area contributed by atoms with Crippen LogP contribution in [0.25, 0.3) is 0 Å². The number of furan rings is 1. The number of aliphatic hydroxyl groups is 2. The molecule has 15 heavy (non-hydrogen) atoms. The van der Waals surface area contributed by atoms with Gasteiger partial charge in [-0.1, -0.05) is 0 Å². The molecule has 0 spiro atoms. The molecule has 0 amide bonds. The van der Waals surface area contributed by atoms with Crippen LogP contribution >= 0.6 is 0 Å². The zero-order chi connectivity index (χ0) is 11.4. The molecule has 0 aliphatic carbocycles. The Hall–Kier alpha value is -1.37. The molecule has 1 rings (SSSR count). The summed E-state index contributed by atoms with van der Waals surface area (Å²) < 4.78 is 4.84. The number of hydrogen-bond acceptors (Lipinski definition) is 5. The molecular weight excluding hydrogens is 202 g/mol. The van der Waals surface area contributed by atoms with Crippen LogP contribution in [0, 0.1) is 0 Å². The van der Waals surface area contributed by atoms with Gasteiger partial charge in [-0.3, -0.25) is 0 Å². The molecule has 2 atom stereocenters. The maximum atomic E-state index is 10.5. The highest BCUT2D eigenvalue weighted by atomic mass is 16.4. The zero-order valence-corrected chi connectivity index (χ0v) is 8.17. The predicted molar refractivity (Wildman–Crippen MR) is 50.6 cm³/mol. The largest absolute Gasteiger partial charge is 0.475 e. The van der Waals surface area contributed by atoms with Crippen molar-refractivity contribution in [1.82, 2.24) is 5.32 Å². The summed E-state index contributed by atoms with van der Waals surface area (Å²) in [6.45, 7) is 0.185. The molecule has 0 saturated heterocycles. The van der Waals surface area contributed by atoms with E-state index in [0.717, 1.165) is 0 Å². The highest BCUT2D eigenvalue weighted by molar-refractivity contribution is 5.84. The molecule has 0 aliphatic rings. The summed E-state index contributed by atoms with van der Waals surface area (Å²) in [5.74, 6) is -1.44. The lowest BCUT2D eigenvalue weighted by Gasteiger charge is -2.14. The molecule has 0 radical (unpaired) electrons. The van der Waals surface area contributed by atoms with Crippen molar-refractivity contribution in [3.63, 3.8) is 0 Å². The number of nitrogens with one attached hydrogen (secondary N) is 1. The van der Waals surface area contributed by atoms with E-state index in [1.807, 2.05) is 0 Å². The third-order valence-electron chi connectivity index (χ3n) is 1.91. The molecule has 2 unspecified atom stereocenters. The summed E-state index contributed by atoms with van der Waals surface area (Å²) in [4.78, 5) is 10.5. The van der Waals surface area contributed by atoms with Gasteiger partial charge in [0.2, 0.25) is 5.76 Å². The summed E-state index contributed by atoms with van der Waals surface area (Å²) in [6, 6.07) is 2.56. The first kappa shape index (κ1) is 11.7. The zero-order valence-electron chi connectivity index (χ0n) is 8.17. The average molecular weight is 215 g/mol. The molecule has 6 heteroatoms. The van der Waals surface area contributed by atoms with Crippen LogP contribution in [-0.2, 0) is 0 Å². The van der Waals surface area contributed by atoms with Crippen molar-refractivity contribution in [2.24, 2.45) is 0 Å². The molecule has 1 aromatic rings. The minimum Gasteiger partial charge on any atom is -0.475 e. The van der Waals surface area contributed by atoms with E-state index < -0.39 is 18.2 Å². The van der Waals surface area contributed by atoms with E-state index in [2.05, 4.69) is 5.32 Å². The molecule has 0 saturated carbocycles. The van der Waals surface area contributed by atoms with Crippen molar-refractivity contribution < 1.29 is 24.5 Å². The van der Waals surface area contributed by atoms with E-state index >= 15 is 0 Å². The smallest absolute Gasteiger partial charge is 0.371 e. The van der Waals surface area contributed by atoms with E-state index in [0.29, 0.717) is 0 Å². The van der Waals surface area contributed by atoms with Gasteiger partial charge in [-0.05, 0) is 19.2 Å². The maximum Gasteiger partial charge on any atom is 0.371 e. The Kier molecular flexibility index (Phi) is 3.84. The predicted octanol–water partition coefficient (Wildman–Crippen LogP) is -0.409. The van der Waals surface area contributed by atoms with Crippen molar-refractivity contribution in [2.75, 3.05) is 13.6 Å². The Balaban J connectivity index is 2.73. The number of carbonyl (C=O) groups is 1. The first-order chi connectivity index (χ1) is 7.06. The number of likely N-dealkylation sites (N-methyl/N-ethyl adjacent to an activating group) is 1. The summed E-state index contributed by atoms with van der Waals surface area (Å²) in [6.07, 6.45) is -2.27. The number of carboxylic acids is 1. The molecule has 0 aromatic carbocycles.